The van der Waals surface area contributed by atoms with Crippen molar-refractivity contribution in [2.75, 3.05) is 6.54 Å². The fourth-order valence-corrected chi connectivity index (χ4v) is 2.30. The van der Waals surface area contributed by atoms with E-state index < -0.39 is 0 Å². The van der Waals surface area contributed by atoms with Crippen LogP contribution in [0.3, 0.4) is 0 Å². The lowest BCUT2D eigenvalue weighted by molar-refractivity contribution is 0.195. The maximum atomic E-state index is 9.46. The Kier molecular flexibility index (Phi) is 3.39. The number of aliphatic hydroxyl groups excluding tert-OH is 1. The highest BCUT2D eigenvalue weighted by atomic mass is 16.3. The molecule has 0 aromatic heterocycles. The first-order valence-electron chi connectivity index (χ1n) is 5.76. The summed E-state index contributed by atoms with van der Waals surface area (Å²) in [5.74, 6) is 0. The van der Waals surface area contributed by atoms with Crippen LogP contribution < -0.4 is 5.32 Å². The molecular weight excluding hydrogens is 186 g/mol. The van der Waals surface area contributed by atoms with Crippen LogP contribution in [-0.4, -0.2) is 17.8 Å². The van der Waals surface area contributed by atoms with Gasteiger partial charge in [-0.3, -0.25) is 0 Å². The first-order valence-corrected chi connectivity index (χ1v) is 5.76. The highest BCUT2D eigenvalue weighted by Crippen LogP contribution is 2.20. The molecule has 1 unspecified atom stereocenters. The van der Waals surface area contributed by atoms with E-state index in [2.05, 4.69) is 23.5 Å². The lowest BCUT2D eigenvalue weighted by Crippen LogP contribution is -2.12. The fraction of sp³-hybridized carbons (Fsp3) is 0.538. The van der Waals surface area contributed by atoms with E-state index in [1.165, 1.54) is 23.1 Å². The highest BCUT2D eigenvalue weighted by molar-refractivity contribution is 5.36. The van der Waals surface area contributed by atoms with Gasteiger partial charge in [0.1, 0.15) is 0 Å². The minimum absolute atomic E-state index is 0.243. The topological polar surface area (TPSA) is 32.3 Å². The number of aliphatic hydroxyl groups is 1. The summed E-state index contributed by atoms with van der Waals surface area (Å²) in [5.41, 5.74) is 4.19. The molecule has 1 aromatic rings. The molecule has 0 amide bonds. The number of hydrogen-bond acceptors (Lipinski definition) is 2. The molecule has 1 heterocycles. The molecular formula is C13H19NO. The van der Waals surface area contributed by atoms with Gasteiger partial charge in [0.15, 0.2) is 0 Å². The molecule has 0 saturated heterocycles. The first-order chi connectivity index (χ1) is 7.27. The summed E-state index contributed by atoms with van der Waals surface area (Å²) in [6.07, 6.45) is 2.88. The van der Waals surface area contributed by atoms with E-state index in [-0.39, 0.29) is 6.10 Å². The Balaban J connectivity index is 2.30. The third-order valence-corrected chi connectivity index (χ3v) is 2.98. The third-order valence-electron chi connectivity index (χ3n) is 2.98. The van der Waals surface area contributed by atoms with Crippen LogP contribution in [0, 0.1) is 0 Å². The largest absolute Gasteiger partial charge is 0.393 e. The van der Waals surface area contributed by atoms with Crippen molar-refractivity contribution in [3.63, 3.8) is 0 Å². The van der Waals surface area contributed by atoms with E-state index in [9.17, 15) is 5.11 Å². The maximum Gasteiger partial charge on any atom is 0.0552 e. The summed E-state index contributed by atoms with van der Waals surface area (Å²) in [6.45, 7) is 3.93. The van der Waals surface area contributed by atoms with E-state index in [1.807, 2.05) is 6.92 Å². The van der Waals surface area contributed by atoms with Gasteiger partial charge in [0.25, 0.3) is 0 Å². The van der Waals surface area contributed by atoms with Gasteiger partial charge in [-0.1, -0.05) is 18.2 Å². The van der Waals surface area contributed by atoms with Crippen LogP contribution in [0.1, 0.15) is 30.0 Å². The zero-order valence-corrected chi connectivity index (χ0v) is 9.29. The predicted molar refractivity (Wildman–Crippen MR) is 61.9 cm³/mol. The summed E-state index contributed by atoms with van der Waals surface area (Å²) >= 11 is 0. The van der Waals surface area contributed by atoms with Gasteiger partial charge >= 0.3 is 0 Å². The Morgan fingerprint density at radius 3 is 3.13 bits per heavy atom. The molecule has 1 atom stereocenters. The second kappa shape index (κ2) is 4.77. The van der Waals surface area contributed by atoms with Crippen molar-refractivity contribution in [1.82, 2.24) is 5.32 Å². The average molecular weight is 205 g/mol. The number of nitrogens with one attached hydrogen (secondary N) is 1. The Labute approximate surface area is 91.3 Å². The van der Waals surface area contributed by atoms with Crippen molar-refractivity contribution >= 4 is 0 Å². The van der Waals surface area contributed by atoms with Crippen molar-refractivity contribution < 1.29 is 5.11 Å². The van der Waals surface area contributed by atoms with Crippen molar-refractivity contribution in [3.05, 3.63) is 34.9 Å². The Morgan fingerprint density at radius 1 is 1.47 bits per heavy atom. The van der Waals surface area contributed by atoms with Gasteiger partial charge in [-0.15, -0.1) is 0 Å². The Hall–Kier alpha value is -0.860. The standard InChI is InChI=1S/C13H19NO/c1-10(15)8-11-4-2-5-12-9-14-7-3-6-13(11)12/h2,4-5,10,14-15H,3,6-9H2,1H3. The van der Waals surface area contributed by atoms with Crippen LogP contribution in [0.2, 0.25) is 0 Å². The normalized spacial score (nSPS) is 18.0. The zero-order chi connectivity index (χ0) is 10.7. The van der Waals surface area contributed by atoms with Gasteiger partial charge < -0.3 is 10.4 Å². The quantitative estimate of drug-likeness (QED) is 0.769. The van der Waals surface area contributed by atoms with Crippen LogP contribution in [0.25, 0.3) is 0 Å². The Morgan fingerprint density at radius 2 is 2.33 bits per heavy atom. The molecule has 0 saturated carbocycles. The minimum Gasteiger partial charge on any atom is -0.393 e. The minimum atomic E-state index is -0.243. The van der Waals surface area contributed by atoms with Crippen molar-refractivity contribution in [2.24, 2.45) is 0 Å². The second-order valence-electron chi connectivity index (χ2n) is 4.39. The molecule has 2 nitrogen and oxygen atoms in total. The summed E-state index contributed by atoms with van der Waals surface area (Å²) in [7, 11) is 0. The van der Waals surface area contributed by atoms with Crippen LogP contribution in [0.5, 0.6) is 0 Å². The molecule has 0 radical (unpaired) electrons. The van der Waals surface area contributed by atoms with Gasteiger partial charge in [-0.25, -0.2) is 0 Å². The SMILES string of the molecule is CC(O)Cc1cccc2c1CCCNC2. The Bertz CT molecular complexity index is 333. The van der Waals surface area contributed by atoms with E-state index in [1.54, 1.807) is 0 Å². The maximum absolute atomic E-state index is 9.46. The average Bonchev–Trinajstić information content (AvgIpc) is 2.42. The molecule has 82 valence electrons. The molecule has 15 heavy (non-hydrogen) atoms. The van der Waals surface area contributed by atoms with Gasteiger partial charge in [-0.2, -0.15) is 0 Å². The number of rotatable bonds is 2. The number of hydrogen-bond donors (Lipinski definition) is 2. The van der Waals surface area contributed by atoms with Crippen molar-refractivity contribution in [1.29, 1.82) is 0 Å². The number of benzene rings is 1. The van der Waals surface area contributed by atoms with Crippen LogP contribution in [0.15, 0.2) is 18.2 Å². The summed E-state index contributed by atoms with van der Waals surface area (Å²) < 4.78 is 0. The zero-order valence-electron chi connectivity index (χ0n) is 9.29. The molecule has 1 aromatic carbocycles. The fourth-order valence-electron chi connectivity index (χ4n) is 2.30. The third kappa shape index (κ3) is 2.58. The highest BCUT2D eigenvalue weighted by Gasteiger charge is 2.12. The lowest BCUT2D eigenvalue weighted by atomic mass is 9.94. The molecule has 1 aliphatic heterocycles. The van der Waals surface area contributed by atoms with Gasteiger partial charge in [0.05, 0.1) is 6.10 Å². The molecule has 0 aliphatic carbocycles. The molecule has 0 spiro atoms. The van der Waals surface area contributed by atoms with Crippen LogP contribution in [-0.2, 0) is 19.4 Å². The van der Waals surface area contributed by atoms with E-state index in [0.717, 1.165) is 25.9 Å². The van der Waals surface area contributed by atoms with E-state index in [0.29, 0.717) is 0 Å². The van der Waals surface area contributed by atoms with E-state index >= 15 is 0 Å². The van der Waals surface area contributed by atoms with Crippen molar-refractivity contribution in [3.8, 4) is 0 Å². The lowest BCUT2D eigenvalue weighted by Gasteiger charge is -2.13. The first kappa shape index (κ1) is 10.7. The van der Waals surface area contributed by atoms with Gasteiger partial charge in [0.2, 0.25) is 0 Å². The van der Waals surface area contributed by atoms with Crippen LogP contribution >= 0.6 is 0 Å². The van der Waals surface area contributed by atoms with Crippen LogP contribution in [0.4, 0.5) is 0 Å². The molecule has 1 aliphatic rings. The van der Waals surface area contributed by atoms with Crippen molar-refractivity contribution in [2.45, 2.75) is 38.8 Å². The molecule has 0 fully saturated rings. The number of fused-ring (bicyclic) bond motifs is 1. The molecule has 2 rings (SSSR count). The van der Waals surface area contributed by atoms with Gasteiger partial charge in [0, 0.05) is 6.54 Å². The molecule has 2 N–H and O–H groups in total. The molecule has 0 bridgehead atoms. The monoisotopic (exact) mass is 205 g/mol. The van der Waals surface area contributed by atoms with Gasteiger partial charge in [-0.05, 0) is 49.4 Å². The van der Waals surface area contributed by atoms with E-state index in [4.69, 9.17) is 0 Å². The second-order valence-corrected chi connectivity index (χ2v) is 4.39. The predicted octanol–water partition coefficient (Wildman–Crippen LogP) is 1.65. The molecule has 2 heteroatoms. The summed E-state index contributed by atoms with van der Waals surface area (Å²) in [4.78, 5) is 0. The smallest absolute Gasteiger partial charge is 0.0552 e. The summed E-state index contributed by atoms with van der Waals surface area (Å²) in [6, 6.07) is 6.44. The summed E-state index contributed by atoms with van der Waals surface area (Å²) in [5, 5.41) is 12.9.